The molecule has 0 radical (unpaired) electrons. The fraction of sp³-hybridized carbons (Fsp3) is 0.0244. The number of aromatic nitrogens is 1. The van der Waals surface area contributed by atoms with Crippen molar-refractivity contribution < 1.29 is 0 Å². The zero-order chi connectivity index (χ0) is 82.1. The number of rotatable bonds is 7. The van der Waals surface area contributed by atoms with Crippen LogP contribution in [0.5, 0.6) is 0 Å². The number of hydrogen-bond acceptors (Lipinski definition) is 0. The standard InChI is InChI=1S/C46H30.C44H27N.C33H24/c1-3-12-31(13-4-1)34-17-11-18-35(26-34)37-28-38-27-36(23-24-40(38)44(29-37)32-14-5-2-6-15-32)45-30-46-39-19-8-7-16-33(39)22-25-43(46)41-20-9-10-21-42(41)45;1-2-14-31(15-3-1)45-42-21-11-10-19-35(42)36-23-22-30(26-43(36)45)38-27-41-33-17-7-6-16-32(33)39-24-28-12-4-5-13-29(28)25-40(39)44(41)37-20-9-8-18-34(37)38;1-33(2)31-14-8-7-13-27(31)28-18-16-22(19-32(28)33)29-20-30-23-10-4-3-9-21(23)15-17-26(30)24-11-5-6-12-25(24)29/h1-30H;1-27H;3-20H,1-2H3. The first-order valence-electron chi connectivity index (χ1n) is 43.2. The van der Waals surface area contributed by atoms with Crippen molar-refractivity contribution in [3.8, 4) is 83.6 Å². The van der Waals surface area contributed by atoms with Crippen LogP contribution in [0.25, 0.3) is 235 Å². The van der Waals surface area contributed by atoms with Crippen molar-refractivity contribution >= 4 is 151 Å². The summed E-state index contributed by atoms with van der Waals surface area (Å²) < 4.78 is 2.41. The molecule has 1 aliphatic rings. The van der Waals surface area contributed by atoms with E-state index in [0.29, 0.717) is 0 Å². The summed E-state index contributed by atoms with van der Waals surface area (Å²) >= 11 is 0. The topological polar surface area (TPSA) is 4.93 Å². The lowest BCUT2D eigenvalue weighted by Gasteiger charge is -2.22. The predicted octanol–water partition coefficient (Wildman–Crippen LogP) is 34.3. The summed E-state index contributed by atoms with van der Waals surface area (Å²) in [6, 6.07) is 167. The van der Waals surface area contributed by atoms with Crippen LogP contribution in [-0.2, 0) is 5.41 Å². The molecular formula is C123H81N. The average molecular weight is 1570 g/mol. The lowest BCUT2D eigenvalue weighted by molar-refractivity contribution is 0.660. The van der Waals surface area contributed by atoms with Gasteiger partial charge in [0.15, 0.2) is 0 Å². The van der Waals surface area contributed by atoms with Crippen LogP contribution in [-0.4, -0.2) is 4.57 Å². The molecule has 1 heteroatoms. The second kappa shape index (κ2) is 29.3. The Balaban J connectivity index is 0.000000106. The zero-order valence-electron chi connectivity index (χ0n) is 68.7. The molecule has 0 atom stereocenters. The van der Waals surface area contributed by atoms with Crippen LogP contribution < -0.4 is 0 Å². The van der Waals surface area contributed by atoms with Gasteiger partial charge in [-0.3, -0.25) is 0 Å². The van der Waals surface area contributed by atoms with Gasteiger partial charge < -0.3 is 4.57 Å². The van der Waals surface area contributed by atoms with Gasteiger partial charge in [-0.1, -0.05) is 384 Å². The molecule has 1 aromatic heterocycles. The van der Waals surface area contributed by atoms with E-state index in [1.165, 1.54) is 246 Å². The Bertz CT molecular complexity index is 8690. The van der Waals surface area contributed by atoms with Gasteiger partial charge in [-0.15, -0.1) is 0 Å². The summed E-state index contributed by atoms with van der Waals surface area (Å²) in [5, 5.41) is 33.6. The smallest absolute Gasteiger partial charge is 0.0547 e. The number of hydrogen-bond donors (Lipinski definition) is 0. The number of fused-ring (bicyclic) bond motifs is 26. The minimum atomic E-state index is 0.00128. The van der Waals surface area contributed by atoms with E-state index in [1.807, 2.05) is 0 Å². The van der Waals surface area contributed by atoms with Gasteiger partial charge in [-0.25, -0.2) is 0 Å². The Morgan fingerprint density at radius 2 is 0.532 bits per heavy atom. The third-order valence-electron chi connectivity index (χ3n) is 26.8. The molecule has 0 unspecified atom stereocenters. The maximum Gasteiger partial charge on any atom is 0.0547 e. The fourth-order valence-corrected chi connectivity index (χ4v) is 20.9. The molecule has 0 aliphatic heterocycles. The van der Waals surface area contributed by atoms with Crippen LogP contribution in [0, 0.1) is 0 Å². The second-order valence-corrected chi connectivity index (χ2v) is 34.0. The normalized spacial score (nSPS) is 12.3. The van der Waals surface area contributed by atoms with E-state index in [4.69, 9.17) is 0 Å². The third kappa shape index (κ3) is 11.9. The quantitative estimate of drug-likeness (QED) is 0.111. The van der Waals surface area contributed by atoms with E-state index >= 15 is 0 Å². The Hall–Kier alpha value is -15.8. The Labute approximate surface area is 719 Å². The highest BCUT2D eigenvalue weighted by molar-refractivity contribution is 6.35. The summed E-state index contributed by atoms with van der Waals surface area (Å²) in [7, 11) is 0. The highest BCUT2D eigenvalue weighted by Gasteiger charge is 2.36. The van der Waals surface area contributed by atoms with Gasteiger partial charge in [0.05, 0.1) is 11.0 Å². The lowest BCUT2D eigenvalue weighted by Crippen LogP contribution is -2.14. The van der Waals surface area contributed by atoms with Crippen molar-refractivity contribution in [1.82, 2.24) is 4.57 Å². The van der Waals surface area contributed by atoms with Crippen LogP contribution in [0.4, 0.5) is 0 Å². The van der Waals surface area contributed by atoms with Crippen molar-refractivity contribution in [2.45, 2.75) is 19.3 Å². The molecule has 1 heterocycles. The number of para-hydroxylation sites is 2. The van der Waals surface area contributed by atoms with Gasteiger partial charge >= 0.3 is 0 Å². The van der Waals surface area contributed by atoms with Gasteiger partial charge in [0.1, 0.15) is 0 Å². The van der Waals surface area contributed by atoms with Crippen molar-refractivity contribution in [3.05, 3.63) is 466 Å². The summed E-state index contributed by atoms with van der Waals surface area (Å²) in [6.45, 7) is 4.71. The molecule has 26 rings (SSSR count). The highest BCUT2D eigenvalue weighted by atomic mass is 15.0. The fourth-order valence-electron chi connectivity index (χ4n) is 20.9. The molecule has 0 spiro atoms. The van der Waals surface area contributed by atoms with Gasteiger partial charge in [-0.2, -0.15) is 0 Å². The maximum atomic E-state index is 2.45. The molecule has 25 aromatic rings. The summed E-state index contributed by atoms with van der Waals surface area (Å²) in [5.74, 6) is 0. The molecule has 0 saturated carbocycles. The second-order valence-electron chi connectivity index (χ2n) is 34.0. The summed E-state index contributed by atoms with van der Waals surface area (Å²) in [4.78, 5) is 0. The van der Waals surface area contributed by atoms with Gasteiger partial charge in [0, 0.05) is 21.9 Å². The molecule has 124 heavy (non-hydrogen) atoms. The summed E-state index contributed by atoms with van der Waals surface area (Å²) in [5.41, 5.74) is 24.2. The molecule has 0 amide bonds. The van der Waals surface area contributed by atoms with Crippen LogP contribution >= 0.6 is 0 Å². The maximum absolute atomic E-state index is 2.45. The minimum Gasteiger partial charge on any atom is -0.309 e. The highest BCUT2D eigenvalue weighted by Crippen LogP contribution is 2.52. The predicted molar refractivity (Wildman–Crippen MR) is 534 cm³/mol. The molecule has 578 valence electrons. The zero-order valence-corrected chi connectivity index (χ0v) is 68.7. The van der Waals surface area contributed by atoms with Crippen molar-refractivity contribution in [3.63, 3.8) is 0 Å². The largest absolute Gasteiger partial charge is 0.309 e. The lowest BCUT2D eigenvalue weighted by atomic mass is 9.81. The molecule has 0 N–H and O–H groups in total. The van der Waals surface area contributed by atoms with E-state index in [-0.39, 0.29) is 5.41 Å². The number of nitrogens with zero attached hydrogens (tertiary/aromatic N) is 1. The summed E-state index contributed by atoms with van der Waals surface area (Å²) in [6.07, 6.45) is 0. The van der Waals surface area contributed by atoms with E-state index in [9.17, 15) is 0 Å². The van der Waals surface area contributed by atoms with Crippen molar-refractivity contribution in [1.29, 1.82) is 0 Å². The monoisotopic (exact) mass is 1570 g/mol. The van der Waals surface area contributed by atoms with Gasteiger partial charge in [0.2, 0.25) is 0 Å². The van der Waals surface area contributed by atoms with E-state index in [1.54, 1.807) is 0 Å². The van der Waals surface area contributed by atoms with E-state index in [0.717, 1.165) is 0 Å². The SMILES string of the molecule is CC1(C)c2ccccc2-c2ccc(-c3cc4c5ccccc5ccc4c4ccccc34)cc21.c1ccc(-c2cccc(-c3cc(-c4ccccc4)c4ccc(-c5cc6c7ccccc7ccc6c6ccccc56)cc4c3)c2)cc1.c1ccc(-n2c3ccccc3c3ccc(-c4cc5c6ccccc6c6cc7ccccc7cc6c5c5ccccc45)cc32)cc1. The first-order valence-corrected chi connectivity index (χ1v) is 43.2. The van der Waals surface area contributed by atoms with Crippen LogP contribution in [0.3, 0.4) is 0 Å². The van der Waals surface area contributed by atoms with Crippen LogP contribution in [0.2, 0.25) is 0 Å². The molecule has 0 fully saturated rings. The Morgan fingerprint density at radius 3 is 1.16 bits per heavy atom. The molecule has 0 saturated heterocycles. The molecule has 1 nitrogen and oxygen atoms in total. The van der Waals surface area contributed by atoms with E-state index < -0.39 is 0 Å². The molecular weight excluding hydrogens is 1490 g/mol. The van der Waals surface area contributed by atoms with Crippen LogP contribution in [0.1, 0.15) is 25.0 Å². The molecule has 24 aromatic carbocycles. The Morgan fingerprint density at radius 1 is 0.153 bits per heavy atom. The average Bonchev–Trinajstić information content (AvgIpc) is 0.979. The molecule has 0 bridgehead atoms. The van der Waals surface area contributed by atoms with Gasteiger partial charge in [0.25, 0.3) is 0 Å². The van der Waals surface area contributed by atoms with E-state index in [2.05, 4.69) is 473 Å². The molecule has 1 aliphatic carbocycles. The first-order chi connectivity index (χ1) is 61.3. The Kier molecular flexibility index (Phi) is 17.1. The van der Waals surface area contributed by atoms with Crippen LogP contribution in [0.15, 0.2) is 455 Å². The number of benzene rings is 24. The minimum absolute atomic E-state index is 0.00128. The van der Waals surface area contributed by atoms with Gasteiger partial charge in [-0.05, 0) is 303 Å². The first kappa shape index (κ1) is 72.2. The third-order valence-corrected chi connectivity index (χ3v) is 26.8. The van der Waals surface area contributed by atoms with Crippen molar-refractivity contribution in [2.24, 2.45) is 0 Å². The van der Waals surface area contributed by atoms with Crippen molar-refractivity contribution in [2.75, 3.05) is 0 Å².